The summed E-state index contributed by atoms with van der Waals surface area (Å²) in [7, 11) is -3.87. The van der Waals surface area contributed by atoms with Crippen LogP contribution in [0, 0.1) is 0 Å². The van der Waals surface area contributed by atoms with E-state index in [9.17, 15) is 13.2 Å². The van der Waals surface area contributed by atoms with E-state index in [-0.39, 0.29) is 4.90 Å². The zero-order valence-electron chi connectivity index (χ0n) is 9.96. The van der Waals surface area contributed by atoms with E-state index in [1.807, 2.05) is 4.72 Å². The highest BCUT2D eigenvalue weighted by Crippen LogP contribution is 2.31. The second-order valence-corrected chi connectivity index (χ2v) is 5.64. The number of carboxylic acid groups (broad SMARTS) is 1. The Kier molecular flexibility index (Phi) is 3.91. The molecule has 1 heterocycles. The summed E-state index contributed by atoms with van der Waals surface area (Å²) in [5, 5.41) is 8.48. The summed E-state index contributed by atoms with van der Waals surface area (Å²) in [6.45, 7) is 0.284. The number of hydrogen-bond donors (Lipinski definition) is 2. The first kappa shape index (κ1) is 13.6. The van der Waals surface area contributed by atoms with E-state index in [2.05, 4.69) is 0 Å². The van der Waals surface area contributed by atoms with Crippen LogP contribution in [0.15, 0.2) is 23.1 Å². The molecule has 0 fully saturated rings. The highest BCUT2D eigenvalue weighted by molar-refractivity contribution is 7.89. The van der Waals surface area contributed by atoms with Crippen LogP contribution in [-0.4, -0.2) is 39.3 Å². The van der Waals surface area contributed by atoms with E-state index < -0.39 is 22.5 Å². The lowest BCUT2D eigenvalue weighted by Crippen LogP contribution is -2.29. The molecular weight excluding hydrogens is 274 g/mol. The van der Waals surface area contributed by atoms with Gasteiger partial charge in [-0.15, -0.1) is 0 Å². The van der Waals surface area contributed by atoms with Crippen LogP contribution in [-0.2, 0) is 14.8 Å². The largest absolute Gasteiger partial charge is 0.490 e. The van der Waals surface area contributed by atoms with Gasteiger partial charge in [-0.05, 0) is 12.1 Å². The van der Waals surface area contributed by atoms with Crippen LogP contribution in [0.4, 0.5) is 0 Å². The fourth-order valence-electron chi connectivity index (χ4n) is 1.55. The number of carboxylic acids is 1. The average Bonchev–Trinajstić information content (AvgIpc) is 2.60. The molecule has 1 aromatic carbocycles. The number of sulfonamides is 1. The molecule has 1 aliphatic rings. The number of nitrogens with one attached hydrogen (secondary N) is 1. The maximum atomic E-state index is 11.8. The molecule has 0 saturated carbocycles. The molecule has 0 amide bonds. The molecule has 0 bridgehead atoms. The Hall–Kier alpha value is -1.80. The van der Waals surface area contributed by atoms with Crippen LogP contribution < -0.4 is 14.2 Å². The molecule has 8 heteroatoms. The number of ether oxygens (including phenoxy) is 2. The number of fused-ring (bicyclic) bond motifs is 1. The van der Waals surface area contributed by atoms with Crippen LogP contribution >= 0.6 is 0 Å². The number of carbonyl (C=O) groups is 1. The molecule has 0 atom stereocenters. The van der Waals surface area contributed by atoms with Crippen LogP contribution in [0.3, 0.4) is 0 Å². The molecule has 2 N–H and O–H groups in total. The van der Waals surface area contributed by atoms with Crippen molar-refractivity contribution in [3.63, 3.8) is 0 Å². The lowest BCUT2D eigenvalue weighted by molar-refractivity contribution is -0.135. The molecule has 1 aliphatic heterocycles. The van der Waals surface area contributed by atoms with Crippen molar-refractivity contribution < 1.29 is 27.8 Å². The summed E-state index contributed by atoms with van der Waals surface area (Å²) >= 11 is 0. The van der Waals surface area contributed by atoms with Crippen LogP contribution in [0.2, 0.25) is 0 Å². The Morgan fingerprint density at radius 1 is 1.26 bits per heavy atom. The molecule has 0 spiro atoms. The molecule has 2 rings (SSSR count). The number of aliphatic carboxylic acids is 1. The van der Waals surface area contributed by atoms with Gasteiger partial charge in [-0.2, -0.15) is 4.72 Å². The zero-order chi connectivity index (χ0) is 13.9. The minimum Gasteiger partial charge on any atom is -0.490 e. The summed E-state index contributed by atoms with van der Waals surface area (Å²) in [5.41, 5.74) is 0. The lowest BCUT2D eigenvalue weighted by atomic mass is 10.3. The Labute approximate surface area is 110 Å². The van der Waals surface area contributed by atoms with Crippen molar-refractivity contribution in [3.05, 3.63) is 18.2 Å². The van der Waals surface area contributed by atoms with Crippen LogP contribution in [0.5, 0.6) is 11.5 Å². The standard InChI is InChI=1S/C11H13NO6S/c13-11(14)7-12-19(15,16)8-2-3-9-10(6-8)18-5-1-4-17-9/h2-3,6,12H,1,4-5,7H2,(H,13,14). The van der Waals surface area contributed by atoms with Gasteiger partial charge in [0.05, 0.1) is 18.1 Å². The number of hydrogen-bond acceptors (Lipinski definition) is 5. The van der Waals surface area contributed by atoms with Crippen molar-refractivity contribution in [3.8, 4) is 11.5 Å². The van der Waals surface area contributed by atoms with Gasteiger partial charge in [0, 0.05) is 12.5 Å². The van der Waals surface area contributed by atoms with Gasteiger partial charge >= 0.3 is 5.97 Å². The molecule has 104 valence electrons. The summed E-state index contributed by atoms with van der Waals surface area (Å²) in [6.07, 6.45) is 0.716. The number of rotatable bonds is 4. The highest BCUT2D eigenvalue weighted by atomic mass is 32.2. The third kappa shape index (κ3) is 3.36. The summed E-state index contributed by atoms with van der Waals surface area (Å²) < 4.78 is 36.4. The molecule has 0 saturated heterocycles. The minimum atomic E-state index is -3.87. The summed E-state index contributed by atoms with van der Waals surface area (Å²) in [5.74, 6) is -0.427. The zero-order valence-corrected chi connectivity index (χ0v) is 10.8. The first-order valence-electron chi connectivity index (χ1n) is 5.60. The Bertz CT molecular complexity index is 583. The second kappa shape index (κ2) is 5.45. The van der Waals surface area contributed by atoms with Gasteiger partial charge in [0.2, 0.25) is 10.0 Å². The Morgan fingerprint density at radius 3 is 2.63 bits per heavy atom. The maximum Gasteiger partial charge on any atom is 0.318 e. The van der Waals surface area contributed by atoms with Crippen LogP contribution in [0.1, 0.15) is 6.42 Å². The predicted molar refractivity (Wildman–Crippen MR) is 64.9 cm³/mol. The molecule has 0 unspecified atom stereocenters. The molecule has 19 heavy (non-hydrogen) atoms. The molecule has 0 radical (unpaired) electrons. The van der Waals surface area contributed by atoms with Crippen molar-refractivity contribution in [2.24, 2.45) is 0 Å². The minimum absolute atomic E-state index is 0.0574. The van der Waals surface area contributed by atoms with Crippen molar-refractivity contribution >= 4 is 16.0 Å². The number of benzene rings is 1. The van der Waals surface area contributed by atoms with E-state index in [4.69, 9.17) is 14.6 Å². The Balaban J connectivity index is 2.25. The molecule has 0 aliphatic carbocycles. The molecular formula is C11H13NO6S. The fourth-order valence-corrected chi connectivity index (χ4v) is 2.54. The van der Waals surface area contributed by atoms with Gasteiger partial charge in [0.15, 0.2) is 11.5 Å². The third-order valence-corrected chi connectivity index (χ3v) is 3.84. The van der Waals surface area contributed by atoms with Gasteiger partial charge in [-0.3, -0.25) is 4.79 Å². The maximum absolute atomic E-state index is 11.8. The highest BCUT2D eigenvalue weighted by Gasteiger charge is 2.19. The molecule has 7 nitrogen and oxygen atoms in total. The van der Waals surface area contributed by atoms with Crippen molar-refractivity contribution in [2.45, 2.75) is 11.3 Å². The van der Waals surface area contributed by atoms with E-state index in [0.717, 1.165) is 0 Å². The van der Waals surface area contributed by atoms with E-state index >= 15 is 0 Å². The fraction of sp³-hybridized carbons (Fsp3) is 0.364. The monoisotopic (exact) mass is 287 g/mol. The molecule has 1 aromatic rings. The first-order valence-corrected chi connectivity index (χ1v) is 7.08. The van der Waals surface area contributed by atoms with Gasteiger partial charge in [0.1, 0.15) is 6.54 Å². The van der Waals surface area contributed by atoms with Crippen LogP contribution in [0.25, 0.3) is 0 Å². The second-order valence-electron chi connectivity index (χ2n) is 3.88. The average molecular weight is 287 g/mol. The quantitative estimate of drug-likeness (QED) is 0.821. The SMILES string of the molecule is O=C(O)CNS(=O)(=O)c1ccc2c(c1)OCCCO2. The molecule has 0 aromatic heterocycles. The van der Waals surface area contributed by atoms with E-state index in [0.29, 0.717) is 31.1 Å². The van der Waals surface area contributed by atoms with Crippen molar-refractivity contribution in [1.29, 1.82) is 0 Å². The first-order chi connectivity index (χ1) is 8.99. The van der Waals surface area contributed by atoms with Crippen molar-refractivity contribution in [1.82, 2.24) is 4.72 Å². The third-order valence-electron chi connectivity index (χ3n) is 2.44. The van der Waals surface area contributed by atoms with Gasteiger partial charge < -0.3 is 14.6 Å². The topological polar surface area (TPSA) is 102 Å². The van der Waals surface area contributed by atoms with E-state index in [1.54, 1.807) is 0 Å². The van der Waals surface area contributed by atoms with Crippen molar-refractivity contribution in [2.75, 3.05) is 19.8 Å². The smallest absolute Gasteiger partial charge is 0.318 e. The summed E-state index contributed by atoms with van der Waals surface area (Å²) in [4.78, 5) is 10.3. The van der Waals surface area contributed by atoms with Gasteiger partial charge in [-0.1, -0.05) is 0 Å². The lowest BCUT2D eigenvalue weighted by Gasteiger charge is -2.10. The van der Waals surface area contributed by atoms with E-state index in [1.165, 1.54) is 18.2 Å². The van der Waals surface area contributed by atoms with Gasteiger partial charge in [-0.25, -0.2) is 8.42 Å². The van der Waals surface area contributed by atoms with Gasteiger partial charge in [0.25, 0.3) is 0 Å². The summed E-state index contributed by atoms with van der Waals surface area (Å²) in [6, 6.07) is 4.17. The Morgan fingerprint density at radius 2 is 1.95 bits per heavy atom. The predicted octanol–water partition coefficient (Wildman–Crippen LogP) is 0.211. The normalized spacial score (nSPS) is 14.7.